The number of piperidine rings is 1. The van der Waals surface area contributed by atoms with Gasteiger partial charge in [0.2, 0.25) is 5.60 Å². The maximum atomic E-state index is 12.9. The number of likely N-dealkylation sites (tertiary alicyclic amines) is 1. The first-order valence-corrected chi connectivity index (χ1v) is 10.9. The van der Waals surface area contributed by atoms with Gasteiger partial charge in [-0.15, -0.1) is 0 Å². The van der Waals surface area contributed by atoms with E-state index in [1.807, 2.05) is 0 Å². The van der Waals surface area contributed by atoms with Crippen molar-refractivity contribution in [2.45, 2.75) is 57.3 Å². The van der Waals surface area contributed by atoms with Crippen molar-refractivity contribution in [1.82, 2.24) is 4.90 Å². The van der Waals surface area contributed by atoms with Crippen LogP contribution in [0.2, 0.25) is 0 Å². The molecular formula is C25H26N2O3. The van der Waals surface area contributed by atoms with Crippen molar-refractivity contribution in [3.63, 3.8) is 0 Å². The highest BCUT2D eigenvalue weighted by Crippen LogP contribution is 2.45. The molecule has 0 N–H and O–H groups in total. The van der Waals surface area contributed by atoms with Crippen molar-refractivity contribution < 1.29 is 14.3 Å². The van der Waals surface area contributed by atoms with Gasteiger partial charge in [-0.3, -0.25) is 4.79 Å². The number of hydrogen-bond donors (Lipinski definition) is 0. The number of carbonyl (C=O) groups is 1. The molecule has 3 heterocycles. The molecule has 30 heavy (non-hydrogen) atoms. The van der Waals surface area contributed by atoms with Gasteiger partial charge in [0.05, 0.1) is 12.2 Å². The van der Waals surface area contributed by atoms with E-state index in [9.17, 15) is 4.79 Å². The minimum absolute atomic E-state index is 0.133. The van der Waals surface area contributed by atoms with Crippen molar-refractivity contribution in [3.05, 3.63) is 69.8 Å². The summed E-state index contributed by atoms with van der Waals surface area (Å²) in [4.78, 5) is 19.4. The Morgan fingerprint density at radius 3 is 2.30 bits per heavy atom. The van der Waals surface area contributed by atoms with Gasteiger partial charge in [-0.05, 0) is 60.1 Å². The zero-order chi connectivity index (χ0) is 20.5. The standard InChI is InChI=1S/C25H26N2O3/c1-16-11-19-13-25(14-20(19)12-17(16)2)22(28)26-23(30-25)27-9-7-24(8-10-27)21-6-4-3-5-18(21)15-29-24/h3-6,11-12H,7-10,13-15H2,1-2H3. The van der Waals surface area contributed by atoms with Gasteiger partial charge in [0.1, 0.15) is 0 Å². The largest absolute Gasteiger partial charge is 0.447 e. The summed E-state index contributed by atoms with van der Waals surface area (Å²) in [5.74, 6) is -0.133. The third-order valence-electron chi connectivity index (χ3n) is 7.50. The summed E-state index contributed by atoms with van der Waals surface area (Å²) in [6.45, 7) is 6.48. The molecule has 2 aromatic rings. The van der Waals surface area contributed by atoms with Crippen molar-refractivity contribution in [2.75, 3.05) is 13.1 Å². The fourth-order valence-corrected chi connectivity index (χ4v) is 5.59. The fourth-order valence-electron chi connectivity index (χ4n) is 5.59. The second kappa shape index (κ2) is 6.17. The molecule has 154 valence electrons. The van der Waals surface area contributed by atoms with E-state index < -0.39 is 5.60 Å². The summed E-state index contributed by atoms with van der Waals surface area (Å²) < 4.78 is 12.6. The Morgan fingerprint density at radius 2 is 1.60 bits per heavy atom. The first-order chi connectivity index (χ1) is 14.5. The Kier molecular flexibility index (Phi) is 3.73. The Bertz CT molecular complexity index is 1060. The van der Waals surface area contributed by atoms with Gasteiger partial charge in [0.15, 0.2) is 0 Å². The average molecular weight is 402 g/mol. The summed E-state index contributed by atoms with van der Waals surface area (Å²) in [6.07, 6.45) is 2.99. The van der Waals surface area contributed by atoms with Crippen molar-refractivity contribution in [2.24, 2.45) is 4.99 Å². The summed E-state index contributed by atoms with van der Waals surface area (Å²) in [5, 5.41) is 0. The summed E-state index contributed by atoms with van der Waals surface area (Å²) >= 11 is 0. The molecule has 0 aromatic heterocycles. The van der Waals surface area contributed by atoms with Crippen LogP contribution in [0.4, 0.5) is 0 Å². The lowest BCUT2D eigenvalue weighted by atomic mass is 9.84. The number of fused-ring (bicyclic) bond motifs is 3. The second-order valence-corrected chi connectivity index (χ2v) is 9.28. The molecule has 1 amide bonds. The highest BCUT2D eigenvalue weighted by molar-refractivity contribution is 6.02. The molecule has 3 aliphatic heterocycles. The van der Waals surface area contributed by atoms with Crippen LogP contribution in [0.3, 0.4) is 0 Å². The Morgan fingerprint density at radius 1 is 0.933 bits per heavy atom. The molecule has 0 bridgehead atoms. The van der Waals surface area contributed by atoms with E-state index in [-0.39, 0.29) is 11.5 Å². The predicted molar refractivity (Wildman–Crippen MR) is 113 cm³/mol. The third kappa shape index (κ3) is 2.51. The molecule has 1 aliphatic carbocycles. The van der Waals surface area contributed by atoms with Gasteiger partial charge in [0, 0.05) is 25.9 Å². The fraction of sp³-hybridized carbons (Fsp3) is 0.440. The molecule has 4 aliphatic rings. The molecule has 2 aromatic carbocycles. The second-order valence-electron chi connectivity index (χ2n) is 9.28. The average Bonchev–Trinajstić information content (AvgIpc) is 3.38. The van der Waals surface area contributed by atoms with Crippen LogP contribution >= 0.6 is 0 Å². The zero-order valence-corrected chi connectivity index (χ0v) is 17.5. The van der Waals surface area contributed by atoms with Crippen LogP contribution in [0.5, 0.6) is 0 Å². The maximum absolute atomic E-state index is 12.9. The van der Waals surface area contributed by atoms with E-state index in [2.05, 4.69) is 60.1 Å². The minimum atomic E-state index is -0.844. The van der Waals surface area contributed by atoms with Crippen LogP contribution in [0.25, 0.3) is 0 Å². The molecule has 0 radical (unpaired) electrons. The van der Waals surface area contributed by atoms with Crippen LogP contribution in [0.1, 0.15) is 46.2 Å². The Balaban J connectivity index is 1.19. The smallest absolute Gasteiger partial charge is 0.296 e. The van der Waals surface area contributed by atoms with Gasteiger partial charge >= 0.3 is 0 Å². The van der Waals surface area contributed by atoms with E-state index >= 15 is 0 Å². The number of rotatable bonds is 0. The van der Waals surface area contributed by atoms with Crippen molar-refractivity contribution >= 4 is 11.9 Å². The molecule has 5 nitrogen and oxygen atoms in total. The number of amidine groups is 1. The van der Waals surface area contributed by atoms with E-state index in [0.717, 1.165) is 25.9 Å². The summed E-state index contributed by atoms with van der Waals surface area (Å²) in [6, 6.07) is 13.4. The van der Waals surface area contributed by atoms with Gasteiger partial charge < -0.3 is 14.4 Å². The number of amides is 1. The molecule has 0 unspecified atom stereocenters. The first-order valence-electron chi connectivity index (χ1n) is 10.9. The number of benzene rings is 2. The third-order valence-corrected chi connectivity index (χ3v) is 7.50. The highest BCUT2D eigenvalue weighted by atomic mass is 16.5. The number of ether oxygens (including phenoxy) is 2. The highest BCUT2D eigenvalue weighted by Gasteiger charge is 2.53. The predicted octanol–water partition coefficient (Wildman–Crippen LogP) is 3.58. The maximum Gasteiger partial charge on any atom is 0.296 e. The SMILES string of the molecule is Cc1cc2c(cc1C)CC1(C2)OC(N2CCC3(CC2)OCc2ccccc23)=NC1=O. The number of carbonyl (C=O) groups excluding carboxylic acids is 1. The van der Waals surface area contributed by atoms with E-state index in [4.69, 9.17) is 9.47 Å². The topological polar surface area (TPSA) is 51.1 Å². The molecule has 1 saturated heterocycles. The molecule has 5 heteroatoms. The van der Waals surface area contributed by atoms with Crippen LogP contribution in [-0.2, 0) is 39.3 Å². The molecule has 0 saturated carbocycles. The van der Waals surface area contributed by atoms with E-state index in [1.165, 1.54) is 33.4 Å². The normalized spacial score (nSPS) is 22.9. The first kappa shape index (κ1) is 18.1. The Labute approximate surface area is 176 Å². The molecule has 0 atom stereocenters. The minimum Gasteiger partial charge on any atom is -0.447 e. The molecule has 2 spiro atoms. The van der Waals surface area contributed by atoms with Gasteiger partial charge in [0.25, 0.3) is 11.9 Å². The van der Waals surface area contributed by atoms with Crippen LogP contribution in [0.15, 0.2) is 41.4 Å². The quantitative estimate of drug-likeness (QED) is 0.676. The van der Waals surface area contributed by atoms with Crippen LogP contribution < -0.4 is 0 Å². The summed E-state index contributed by atoms with van der Waals surface area (Å²) in [5.41, 5.74) is 6.53. The van der Waals surface area contributed by atoms with Gasteiger partial charge in [-0.2, -0.15) is 4.99 Å². The van der Waals surface area contributed by atoms with Gasteiger partial charge in [-0.1, -0.05) is 36.4 Å². The molecule has 1 fully saturated rings. The van der Waals surface area contributed by atoms with E-state index in [0.29, 0.717) is 25.5 Å². The number of nitrogens with zero attached hydrogens (tertiary/aromatic N) is 2. The van der Waals surface area contributed by atoms with Crippen molar-refractivity contribution in [1.29, 1.82) is 0 Å². The summed E-state index contributed by atoms with van der Waals surface area (Å²) in [7, 11) is 0. The van der Waals surface area contributed by atoms with Crippen molar-refractivity contribution in [3.8, 4) is 0 Å². The number of aryl methyl sites for hydroxylation is 2. The monoisotopic (exact) mass is 402 g/mol. The number of aliphatic imine (C=N–C) groups is 1. The lowest BCUT2D eigenvalue weighted by Crippen LogP contribution is -2.47. The zero-order valence-electron chi connectivity index (χ0n) is 17.5. The van der Waals surface area contributed by atoms with Gasteiger partial charge in [-0.25, -0.2) is 0 Å². The Hall–Kier alpha value is -2.66. The lowest BCUT2D eigenvalue weighted by Gasteiger charge is -2.39. The molecular weight excluding hydrogens is 376 g/mol. The molecule has 6 rings (SSSR count). The number of hydrogen-bond acceptors (Lipinski definition) is 4. The van der Waals surface area contributed by atoms with Crippen LogP contribution in [-0.4, -0.2) is 35.5 Å². The lowest BCUT2D eigenvalue weighted by molar-refractivity contribution is -0.130. The van der Waals surface area contributed by atoms with Crippen LogP contribution in [0, 0.1) is 13.8 Å². The van der Waals surface area contributed by atoms with E-state index in [1.54, 1.807) is 0 Å².